The molecular weight excluding hydrogens is 289 g/mol. The number of aliphatic carboxylic acids is 1. The summed E-state index contributed by atoms with van der Waals surface area (Å²) in [5.41, 5.74) is 0.333. The number of hydrogen-bond acceptors (Lipinski definition) is 3. The summed E-state index contributed by atoms with van der Waals surface area (Å²) in [5, 5.41) is 11.3. The van der Waals surface area contributed by atoms with Gasteiger partial charge in [-0.2, -0.15) is 0 Å². The molecule has 1 aromatic rings. The number of benzene rings is 1. The van der Waals surface area contributed by atoms with Gasteiger partial charge in [-0.3, -0.25) is 9.59 Å². The normalized spacial score (nSPS) is 11.9. The smallest absolute Gasteiger partial charge is 0.305 e. The molecule has 0 spiro atoms. The van der Waals surface area contributed by atoms with Gasteiger partial charge in [-0.05, 0) is 24.6 Å². The van der Waals surface area contributed by atoms with E-state index in [9.17, 15) is 14.0 Å². The Morgan fingerprint density at radius 1 is 1.50 bits per heavy atom. The van der Waals surface area contributed by atoms with Crippen molar-refractivity contribution in [2.75, 3.05) is 13.2 Å². The van der Waals surface area contributed by atoms with E-state index in [1.165, 1.54) is 12.1 Å². The first-order chi connectivity index (χ1) is 9.43. The summed E-state index contributed by atoms with van der Waals surface area (Å²) in [5.74, 6) is -2.24. The minimum absolute atomic E-state index is 0.0662. The van der Waals surface area contributed by atoms with E-state index < -0.39 is 23.7 Å². The van der Waals surface area contributed by atoms with Crippen molar-refractivity contribution in [1.29, 1.82) is 0 Å². The van der Waals surface area contributed by atoms with Crippen molar-refractivity contribution in [2.24, 2.45) is 0 Å². The lowest BCUT2D eigenvalue weighted by Gasteiger charge is -2.17. The Balaban J connectivity index is 2.85. The Bertz CT molecular complexity index is 495. The third-order valence-electron chi connectivity index (χ3n) is 2.50. The molecular formula is C13H15ClFNO4. The molecule has 0 fully saturated rings. The number of rotatable bonds is 7. The van der Waals surface area contributed by atoms with Gasteiger partial charge in [-0.1, -0.05) is 17.7 Å². The molecule has 1 unspecified atom stereocenters. The second kappa shape index (κ2) is 7.81. The second-order valence-electron chi connectivity index (χ2n) is 4.03. The van der Waals surface area contributed by atoms with Gasteiger partial charge < -0.3 is 15.2 Å². The number of halogens is 2. The number of carboxylic acids is 1. The van der Waals surface area contributed by atoms with Gasteiger partial charge in [-0.15, -0.1) is 0 Å². The SMILES string of the molecule is CCOCC(=O)NC(CC(=O)O)c1ccc(Cl)c(F)c1. The lowest BCUT2D eigenvalue weighted by Crippen LogP contribution is -2.33. The number of carbonyl (C=O) groups excluding carboxylic acids is 1. The third kappa shape index (κ3) is 5.14. The quantitative estimate of drug-likeness (QED) is 0.809. The highest BCUT2D eigenvalue weighted by molar-refractivity contribution is 6.30. The molecule has 0 aliphatic heterocycles. The molecule has 7 heteroatoms. The minimum Gasteiger partial charge on any atom is -0.481 e. The summed E-state index contributed by atoms with van der Waals surface area (Å²) < 4.78 is 18.3. The van der Waals surface area contributed by atoms with Crippen LogP contribution in [0.4, 0.5) is 4.39 Å². The highest BCUT2D eigenvalue weighted by Gasteiger charge is 2.19. The van der Waals surface area contributed by atoms with Gasteiger partial charge in [0.2, 0.25) is 5.91 Å². The van der Waals surface area contributed by atoms with Crippen LogP contribution in [0.5, 0.6) is 0 Å². The van der Waals surface area contributed by atoms with Crippen LogP contribution in [-0.2, 0) is 14.3 Å². The average Bonchev–Trinajstić information content (AvgIpc) is 2.38. The van der Waals surface area contributed by atoms with Gasteiger partial charge in [0.1, 0.15) is 12.4 Å². The lowest BCUT2D eigenvalue weighted by atomic mass is 10.0. The van der Waals surface area contributed by atoms with Crippen LogP contribution < -0.4 is 5.32 Å². The first kappa shape index (κ1) is 16.4. The molecule has 5 nitrogen and oxygen atoms in total. The van der Waals surface area contributed by atoms with E-state index in [-0.39, 0.29) is 18.1 Å². The van der Waals surface area contributed by atoms with Gasteiger partial charge >= 0.3 is 5.97 Å². The third-order valence-corrected chi connectivity index (χ3v) is 2.80. The average molecular weight is 304 g/mol. The van der Waals surface area contributed by atoms with Crippen molar-refractivity contribution in [3.05, 3.63) is 34.6 Å². The fourth-order valence-corrected chi connectivity index (χ4v) is 1.70. The van der Waals surface area contributed by atoms with Gasteiger partial charge in [-0.25, -0.2) is 4.39 Å². The summed E-state index contributed by atoms with van der Waals surface area (Å²) in [6.45, 7) is 1.92. The van der Waals surface area contributed by atoms with E-state index in [0.29, 0.717) is 12.2 Å². The number of nitrogens with one attached hydrogen (secondary N) is 1. The maximum atomic E-state index is 13.4. The van der Waals surface area contributed by atoms with Crippen molar-refractivity contribution in [2.45, 2.75) is 19.4 Å². The van der Waals surface area contributed by atoms with E-state index >= 15 is 0 Å². The topological polar surface area (TPSA) is 75.6 Å². The van der Waals surface area contributed by atoms with Crippen LogP contribution in [0, 0.1) is 5.82 Å². The Hall–Kier alpha value is -1.66. The summed E-state index contributed by atoms with van der Waals surface area (Å²) in [4.78, 5) is 22.4. The number of ether oxygens (including phenoxy) is 1. The van der Waals surface area contributed by atoms with Crippen molar-refractivity contribution in [3.8, 4) is 0 Å². The predicted molar refractivity (Wildman–Crippen MR) is 71.0 cm³/mol. The Morgan fingerprint density at radius 3 is 2.75 bits per heavy atom. The summed E-state index contributed by atoms with van der Waals surface area (Å²) in [6, 6.07) is 3.05. The van der Waals surface area contributed by atoms with Crippen molar-refractivity contribution >= 4 is 23.5 Å². The summed E-state index contributed by atoms with van der Waals surface area (Å²) in [6.07, 6.45) is -0.362. The molecule has 0 bridgehead atoms. The molecule has 1 atom stereocenters. The summed E-state index contributed by atoms with van der Waals surface area (Å²) >= 11 is 5.57. The number of amides is 1. The summed E-state index contributed by atoms with van der Waals surface area (Å²) in [7, 11) is 0. The van der Waals surface area contributed by atoms with Gasteiger partial charge in [0.15, 0.2) is 0 Å². The zero-order chi connectivity index (χ0) is 15.1. The zero-order valence-electron chi connectivity index (χ0n) is 10.9. The Morgan fingerprint density at radius 2 is 2.20 bits per heavy atom. The van der Waals surface area contributed by atoms with E-state index in [1.54, 1.807) is 6.92 Å². The van der Waals surface area contributed by atoms with Crippen LogP contribution in [0.2, 0.25) is 5.02 Å². The molecule has 0 saturated carbocycles. The molecule has 110 valence electrons. The number of hydrogen-bond donors (Lipinski definition) is 2. The van der Waals surface area contributed by atoms with E-state index in [2.05, 4.69) is 5.32 Å². The van der Waals surface area contributed by atoms with Gasteiger partial charge in [0.05, 0.1) is 17.5 Å². The fourth-order valence-electron chi connectivity index (χ4n) is 1.59. The molecule has 0 radical (unpaired) electrons. The highest BCUT2D eigenvalue weighted by atomic mass is 35.5. The number of carbonyl (C=O) groups is 2. The molecule has 0 aliphatic rings. The standard InChI is InChI=1S/C13H15ClFNO4/c1-2-20-7-12(17)16-11(6-13(18)19)8-3-4-9(14)10(15)5-8/h3-5,11H,2,6-7H2,1H3,(H,16,17)(H,18,19). The Kier molecular flexibility index (Phi) is 6.41. The molecule has 20 heavy (non-hydrogen) atoms. The van der Waals surface area contributed by atoms with Crippen molar-refractivity contribution in [3.63, 3.8) is 0 Å². The zero-order valence-corrected chi connectivity index (χ0v) is 11.6. The van der Waals surface area contributed by atoms with Gasteiger partial charge in [0.25, 0.3) is 0 Å². The first-order valence-electron chi connectivity index (χ1n) is 5.98. The van der Waals surface area contributed by atoms with Crippen LogP contribution in [0.15, 0.2) is 18.2 Å². The highest BCUT2D eigenvalue weighted by Crippen LogP contribution is 2.22. The van der Waals surface area contributed by atoms with E-state index in [4.69, 9.17) is 21.4 Å². The molecule has 0 aliphatic carbocycles. The predicted octanol–water partition coefficient (Wildman–Crippen LogP) is 2.15. The molecule has 0 heterocycles. The van der Waals surface area contributed by atoms with Crippen LogP contribution in [-0.4, -0.2) is 30.2 Å². The maximum absolute atomic E-state index is 13.4. The van der Waals surface area contributed by atoms with Crippen molar-refractivity contribution < 1.29 is 23.8 Å². The van der Waals surface area contributed by atoms with Crippen LogP contribution in [0.1, 0.15) is 24.9 Å². The monoisotopic (exact) mass is 303 g/mol. The van der Waals surface area contributed by atoms with Crippen LogP contribution >= 0.6 is 11.6 Å². The molecule has 0 saturated heterocycles. The van der Waals surface area contributed by atoms with Gasteiger partial charge in [0, 0.05) is 6.61 Å². The molecule has 0 aromatic heterocycles. The largest absolute Gasteiger partial charge is 0.481 e. The van der Waals surface area contributed by atoms with Crippen LogP contribution in [0.25, 0.3) is 0 Å². The molecule has 1 amide bonds. The minimum atomic E-state index is -1.11. The second-order valence-corrected chi connectivity index (χ2v) is 4.44. The molecule has 1 rings (SSSR count). The first-order valence-corrected chi connectivity index (χ1v) is 6.35. The van der Waals surface area contributed by atoms with Crippen LogP contribution in [0.3, 0.4) is 0 Å². The van der Waals surface area contributed by atoms with Crippen molar-refractivity contribution in [1.82, 2.24) is 5.32 Å². The maximum Gasteiger partial charge on any atom is 0.305 e. The lowest BCUT2D eigenvalue weighted by molar-refractivity contribution is -0.138. The molecule has 2 N–H and O–H groups in total. The number of carboxylic acid groups (broad SMARTS) is 1. The fraction of sp³-hybridized carbons (Fsp3) is 0.385. The van der Waals surface area contributed by atoms with E-state index in [0.717, 1.165) is 6.07 Å². The van der Waals surface area contributed by atoms with E-state index in [1.807, 2.05) is 0 Å². The Labute approximate surface area is 120 Å². The molecule has 1 aromatic carbocycles.